The number of carbonyl (C=O) groups is 1. The first-order chi connectivity index (χ1) is 19.2. The van der Waals surface area contributed by atoms with Crippen molar-refractivity contribution in [2.24, 2.45) is 0 Å². The van der Waals surface area contributed by atoms with Crippen molar-refractivity contribution in [2.45, 2.75) is 39.4 Å². The van der Waals surface area contributed by atoms with Crippen molar-refractivity contribution in [3.05, 3.63) is 65.1 Å². The molecule has 218 valence electrons. The predicted molar refractivity (Wildman–Crippen MR) is 147 cm³/mol. The quantitative estimate of drug-likeness (QED) is 0.162. The molecule has 0 unspecified atom stereocenters. The van der Waals surface area contributed by atoms with Crippen molar-refractivity contribution in [2.75, 3.05) is 22.4 Å². The van der Waals surface area contributed by atoms with E-state index in [1.54, 1.807) is 38.1 Å². The van der Waals surface area contributed by atoms with Crippen LogP contribution < -0.4 is 9.62 Å². The van der Waals surface area contributed by atoms with Crippen LogP contribution in [-0.4, -0.2) is 53.5 Å². The fourth-order valence-electron chi connectivity index (χ4n) is 4.55. The van der Waals surface area contributed by atoms with Crippen molar-refractivity contribution in [1.82, 2.24) is 15.2 Å². The van der Waals surface area contributed by atoms with Crippen LogP contribution in [0.5, 0.6) is 5.75 Å². The molecule has 2 aromatic carbocycles. The van der Waals surface area contributed by atoms with Gasteiger partial charge in [0.2, 0.25) is 10.0 Å². The maximum Gasteiger partial charge on any atom is 0.393 e. The number of aromatic amines is 1. The minimum Gasteiger partial charge on any atom is -0.505 e. The van der Waals surface area contributed by atoms with Crippen molar-refractivity contribution < 1.29 is 35.9 Å². The van der Waals surface area contributed by atoms with E-state index in [4.69, 9.17) is 0 Å². The number of hydrogen-bond acceptors (Lipinski definition) is 7. The normalized spacial score (nSPS) is 12.1. The number of alkyl halides is 3. The molecular formula is C27H27F4N5O4S. The number of Topliss-reactive ketones (excluding diaryl/α,β-unsaturated/α-hetero) is 1. The number of phenols is 1. The van der Waals surface area contributed by atoms with E-state index < -0.39 is 39.8 Å². The third kappa shape index (κ3) is 6.42. The van der Waals surface area contributed by atoms with E-state index in [-0.39, 0.29) is 59.0 Å². The summed E-state index contributed by atoms with van der Waals surface area (Å²) in [6.45, 7) is 3.50. The van der Waals surface area contributed by atoms with Crippen LogP contribution in [0.4, 0.5) is 29.1 Å². The van der Waals surface area contributed by atoms with Gasteiger partial charge < -0.3 is 10.4 Å². The molecular weight excluding hydrogens is 566 g/mol. The number of hydrogen-bond donors (Lipinski definition) is 3. The average molecular weight is 594 g/mol. The number of phenolic OH excluding ortho intramolecular Hbond substituents is 1. The molecule has 2 aromatic heterocycles. The van der Waals surface area contributed by atoms with Gasteiger partial charge in [0.05, 0.1) is 35.0 Å². The second-order valence-corrected chi connectivity index (χ2v) is 11.2. The summed E-state index contributed by atoms with van der Waals surface area (Å²) >= 11 is 0. The van der Waals surface area contributed by atoms with E-state index in [9.17, 15) is 35.9 Å². The smallest absolute Gasteiger partial charge is 0.393 e. The largest absolute Gasteiger partial charge is 0.505 e. The van der Waals surface area contributed by atoms with Gasteiger partial charge in [0.1, 0.15) is 11.5 Å². The van der Waals surface area contributed by atoms with Crippen LogP contribution in [0.2, 0.25) is 0 Å². The third-order valence-electron chi connectivity index (χ3n) is 6.36. The Bertz CT molecular complexity index is 1720. The summed E-state index contributed by atoms with van der Waals surface area (Å²) in [5, 5.41) is 19.9. The number of H-pyrrole nitrogens is 1. The number of ketones is 1. The minimum absolute atomic E-state index is 0.0119. The molecule has 4 aromatic rings. The molecule has 0 amide bonds. The van der Waals surface area contributed by atoms with Crippen LogP contribution in [0.15, 0.2) is 42.5 Å². The summed E-state index contributed by atoms with van der Waals surface area (Å²) in [6.07, 6.45) is -4.91. The maximum atomic E-state index is 14.4. The standard InChI is InChI=1S/C27H27F4N5O4S/c1-4-22(37)25-24-20(34-35-25)12-19(17-11-18(28)23(38)10-16(17)13-27(29,30)31)33-26(24)32-14-15-8-6-7-9-21(15)36(5-2)41(3,39)40/h6-12,38H,4-5,13-14H2,1-3H3,(H,32,33)(H,34,35). The summed E-state index contributed by atoms with van der Waals surface area (Å²) in [4.78, 5) is 17.1. The number of pyridine rings is 1. The van der Waals surface area contributed by atoms with Gasteiger partial charge in [-0.15, -0.1) is 0 Å². The monoisotopic (exact) mass is 593 g/mol. The second kappa shape index (κ2) is 11.4. The molecule has 2 heterocycles. The molecule has 0 saturated heterocycles. The number of aromatic hydroxyl groups is 1. The molecule has 0 aliphatic heterocycles. The van der Waals surface area contributed by atoms with Gasteiger partial charge >= 0.3 is 6.18 Å². The molecule has 3 N–H and O–H groups in total. The van der Waals surface area contributed by atoms with Gasteiger partial charge in [-0.1, -0.05) is 25.1 Å². The lowest BCUT2D eigenvalue weighted by Gasteiger charge is -2.23. The van der Waals surface area contributed by atoms with E-state index in [2.05, 4.69) is 20.5 Å². The number of aromatic nitrogens is 3. The van der Waals surface area contributed by atoms with Crippen LogP contribution in [0, 0.1) is 5.82 Å². The van der Waals surface area contributed by atoms with Gasteiger partial charge in [0, 0.05) is 25.1 Å². The minimum atomic E-state index is -4.66. The number of benzene rings is 2. The fraction of sp³-hybridized carbons (Fsp3) is 0.296. The molecule has 41 heavy (non-hydrogen) atoms. The Morgan fingerprint density at radius 2 is 1.83 bits per heavy atom. The Kier molecular flexibility index (Phi) is 8.24. The van der Waals surface area contributed by atoms with Crippen molar-refractivity contribution in [3.63, 3.8) is 0 Å². The highest BCUT2D eigenvalue weighted by molar-refractivity contribution is 7.92. The number of rotatable bonds is 10. The number of fused-ring (bicyclic) bond motifs is 1. The van der Waals surface area contributed by atoms with E-state index in [1.807, 2.05) is 0 Å². The first kappa shape index (κ1) is 29.8. The van der Waals surface area contributed by atoms with Crippen LogP contribution in [0.25, 0.3) is 22.2 Å². The summed E-state index contributed by atoms with van der Waals surface area (Å²) in [7, 11) is -3.61. The Morgan fingerprint density at radius 3 is 2.46 bits per heavy atom. The first-order valence-corrected chi connectivity index (χ1v) is 14.4. The molecule has 14 heteroatoms. The highest BCUT2D eigenvalue weighted by Gasteiger charge is 2.31. The molecule has 0 atom stereocenters. The third-order valence-corrected chi connectivity index (χ3v) is 7.62. The van der Waals surface area contributed by atoms with E-state index in [0.717, 1.165) is 12.3 Å². The topological polar surface area (TPSA) is 128 Å². The van der Waals surface area contributed by atoms with Crippen LogP contribution in [0.1, 0.15) is 41.9 Å². The Labute approximate surface area is 233 Å². The lowest BCUT2D eigenvalue weighted by Crippen LogP contribution is -2.30. The highest BCUT2D eigenvalue weighted by Crippen LogP contribution is 2.36. The van der Waals surface area contributed by atoms with Gasteiger partial charge in [0.25, 0.3) is 0 Å². The van der Waals surface area contributed by atoms with Gasteiger partial charge in [-0.25, -0.2) is 17.8 Å². The molecule has 0 fully saturated rings. The van der Waals surface area contributed by atoms with Crippen molar-refractivity contribution in [3.8, 4) is 17.0 Å². The average Bonchev–Trinajstić information content (AvgIpc) is 3.32. The number of halogens is 4. The molecule has 9 nitrogen and oxygen atoms in total. The maximum absolute atomic E-state index is 14.4. The van der Waals surface area contributed by atoms with Gasteiger partial charge in [-0.3, -0.25) is 14.2 Å². The Morgan fingerprint density at radius 1 is 1.12 bits per heavy atom. The zero-order chi connectivity index (χ0) is 30.1. The van der Waals surface area contributed by atoms with Crippen LogP contribution >= 0.6 is 0 Å². The molecule has 0 saturated carbocycles. The molecule has 0 spiro atoms. The zero-order valence-corrected chi connectivity index (χ0v) is 23.1. The van der Waals surface area contributed by atoms with E-state index in [1.165, 1.54) is 10.4 Å². The fourth-order valence-corrected chi connectivity index (χ4v) is 5.56. The number of carbonyl (C=O) groups excluding carboxylic acids is 1. The Balaban J connectivity index is 1.88. The van der Waals surface area contributed by atoms with E-state index >= 15 is 0 Å². The van der Waals surface area contributed by atoms with Gasteiger partial charge in [-0.05, 0) is 42.3 Å². The van der Waals surface area contributed by atoms with Gasteiger partial charge in [-0.2, -0.15) is 18.3 Å². The number of anilines is 2. The summed E-state index contributed by atoms with van der Waals surface area (Å²) in [5.74, 6) is -2.33. The van der Waals surface area contributed by atoms with Crippen molar-refractivity contribution in [1.29, 1.82) is 0 Å². The zero-order valence-electron chi connectivity index (χ0n) is 22.3. The number of sulfonamides is 1. The molecule has 0 bridgehead atoms. The van der Waals surface area contributed by atoms with Gasteiger partial charge in [0.15, 0.2) is 17.3 Å². The number of nitrogens with zero attached hydrogens (tertiary/aromatic N) is 3. The second-order valence-electron chi connectivity index (χ2n) is 9.29. The summed E-state index contributed by atoms with van der Waals surface area (Å²) in [5.41, 5.74) is 0.571. The lowest BCUT2D eigenvalue weighted by molar-refractivity contribution is -0.127. The SMILES string of the molecule is CCC(=O)c1n[nH]c2cc(-c3cc(F)c(O)cc3CC(F)(F)F)nc(NCc3ccccc3N(CC)S(C)(=O)=O)c12. The number of para-hydroxylation sites is 1. The Hall–Kier alpha value is -4.20. The molecule has 0 aliphatic carbocycles. The van der Waals surface area contributed by atoms with E-state index in [0.29, 0.717) is 17.3 Å². The summed E-state index contributed by atoms with van der Waals surface area (Å²) in [6, 6.07) is 9.54. The van der Waals surface area contributed by atoms with Crippen LogP contribution in [-0.2, 0) is 23.0 Å². The van der Waals surface area contributed by atoms with Crippen molar-refractivity contribution >= 4 is 38.2 Å². The summed E-state index contributed by atoms with van der Waals surface area (Å²) < 4.78 is 80.4. The number of nitrogens with one attached hydrogen (secondary N) is 2. The molecule has 0 radical (unpaired) electrons. The first-order valence-electron chi connectivity index (χ1n) is 12.5. The molecule has 4 rings (SSSR count). The lowest BCUT2D eigenvalue weighted by atomic mass is 9.99. The molecule has 0 aliphatic rings. The van der Waals surface area contributed by atoms with Crippen LogP contribution in [0.3, 0.4) is 0 Å². The predicted octanol–water partition coefficient (Wildman–Crippen LogP) is 5.57. The highest BCUT2D eigenvalue weighted by atomic mass is 32.2.